The van der Waals surface area contributed by atoms with Gasteiger partial charge in [-0.2, -0.15) is 0 Å². The van der Waals surface area contributed by atoms with Gasteiger partial charge in [-0.15, -0.1) is 6.58 Å². The van der Waals surface area contributed by atoms with Gasteiger partial charge in [0.15, 0.2) is 0 Å². The summed E-state index contributed by atoms with van der Waals surface area (Å²) < 4.78 is 0. The third kappa shape index (κ3) is 5.01. The van der Waals surface area contributed by atoms with E-state index in [0.29, 0.717) is 5.33 Å². The van der Waals surface area contributed by atoms with E-state index in [1.807, 2.05) is 13.1 Å². The third-order valence-electron chi connectivity index (χ3n) is 1.44. The summed E-state index contributed by atoms with van der Waals surface area (Å²) in [5.41, 5.74) is 0. The number of nitrogens with zero attached hydrogens (tertiary/aromatic N) is 1. The number of amides is 1. The van der Waals surface area contributed by atoms with Gasteiger partial charge in [-0.25, -0.2) is 0 Å². The molecule has 0 unspecified atom stereocenters. The minimum atomic E-state index is 0.133. The van der Waals surface area contributed by atoms with Crippen LogP contribution in [0.15, 0.2) is 12.7 Å². The molecule has 3 heteroatoms. The fourth-order valence-corrected chi connectivity index (χ4v) is 1.13. The van der Waals surface area contributed by atoms with E-state index in [1.165, 1.54) is 0 Å². The van der Waals surface area contributed by atoms with Gasteiger partial charge < -0.3 is 4.90 Å². The second-order valence-electron chi connectivity index (χ2n) is 2.38. The van der Waals surface area contributed by atoms with Crippen molar-refractivity contribution in [1.82, 2.24) is 4.90 Å². The molecule has 64 valence electrons. The first kappa shape index (κ1) is 10.7. The lowest BCUT2D eigenvalue weighted by Crippen LogP contribution is -2.28. The smallest absolute Gasteiger partial charge is 0.232 e. The summed E-state index contributed by atoms with van der Waals surface area (Å²) in [6, 6.07) is 0. The SMILES string of the molecule is C=CCCCN(C)C(=O)CBr. The normalized spacial score (nSPS) is 9.27. The van der Waals surface area contributed by atoms with E-state index >= 15 is 0 Å². The number of hydrogen-bond acceptors (Lipinski definition) is 1. The second-order valence-corrected chi connectivity index (χ2v) is 2.94. The molecule has 1 amide bonds. The van der Waals surface area contributed by atoms with Crippen LogP contribution in [-0.4, -0.2) is 29.7 Å². The molecule has 0 fully saturated rings. The molecule has 0 aliphatic carbocycles. The van der Waals surface area contributed by atoms with Crippen molar-refractivity contribution in [3.05, 3.63) is 12.7 Å². The summed E-state index contributed by atoms with van der Waals surface area (Å²) in [6.45, 7) is 4.43. The van der Waals surface area contributed by atoms with Crippen molar-refractivity contribution in [2.24, 2.45) is 0 Å². The highest BCUT2D eigenvalue weighted by Crippen LogP contribution is 1.95. The minimum absolute atomic E-state index is 0.133. The summed E-state index contributed by atoms with van der Waals surface area (Å²) in [5.74, 6) is 0.133. The average Bonchev–Trinajstić information content (AvgIpc) is 2.03. The van der Waals surface area contributed by atoms with E-state index in [-0.39, 0.29) is 5.91 Å². The fraction of sp³-hybridized carbons (Fsp3) is 0.625. The first-order chi connectivity index (χ1) is 5.22. The van der Waals surface area contributed by atoms with Crippen LogP contribution in [-0.2, 0) is 4.79 Å². The number of carbonyl (C=O) groups is 1. The molecule has 0 heterocycles. The summed E-state index contributed by atoms with van der Waals surface area (Å²) in [7, 11) is 1.81. The Bertz CT molecular complexity index is 136. The van der Waals surface area contributed by atoms with Crippen LogP contribution < -0.4 is 0 Å². The Morgan fingerprint density at radius 1 is 1.73 bits per heavy atom. The van der Waals surface area contributed by atoms with Crippen molar-refractivity contribution in [1.29, 1.82) is 0 Å². The van der Waals surface area contributed by atoms with E-state index in [2.05, 4.69) is 22.5 Å². The largest absolute Gasteiger partial charge is 0.345 e. The molecule has 11 heavy (non-hydrogen) atoms. The number of halogens is 1. The predicted octanol–water partition coefficient (Wildman–Crippen LogP) is 1.81. The van der Waals surface area contributed by atoms with E-state index in [4.69, 9.17) is 0 Å². The van der Waals surface area contributed by atoms with Crippen LogP contribution in [0.25, 0.3) is 0 Å². The topological polar surface area (TPSA) is 20.3 Å². The Hall–Kier alpha value is -0.310. The van der Waals surface area contributed by atoms with Crippen LogP contribution in [0.4, 0.5) is 0 Å². The summed E-state index contributed by atoms with van der Waals surface area (Å²) in [6.07, 6.45) is 3.84. The quantitative estimate of drug-likeness (QED) is 0.393. The maximum atomic E-state index is 11.0. The zero-order chi connectivity index (χ0) is 8.69. The molecule has 0 aliphatic rings. The monoisotopic (exact) mass is 219 g/mol. The summed E-state index contributed by atoms with van der Waals surface area (Å²) in [5, 5.41) is 0.414. The van der Waals surface area contributed by atoms with Crippen molar-refractivity contribution < 1.29 is 4.79 Å². The molecule has 0 aromatic rings. The number of rotatable bonds is 5. The Kier molecular flexibility index (Phi) is 6.22. The molecular weight excluding hydrogens is 206 g/mol. The van der Waals surface area contributed by atoms with Crippen molar-refractivity contribution in [2.75, 3.05) is 18.9 Å². The van der Waals surface area contributed by atoms with Crippen LogP contribution >= 0.6 is 15.9 Å². The average molecular weight is 220 g/mol. The van der Waals surface area contributed by atoms with Crippen LogP contribution in [0, 0.1) is 0 Å². The first-order valence-electron chi connectivity index (χ1n) is 3.63. The second kappa shape index (κ2) is 6.40. The molecule has 0 spiro atoms. The van der Waals surface area contributed by atoms with Gasteiger partial charge in [-0.05, 0) is 12.8 Å². The van der Waals surface area contributed by atoms with Gasteiger partial charge in [-0.1, -0.05) is 22.0 Å². The highest BCUT2D eigenvalue weighted by atomic mass is 79.9. The molecule has 0 saturated heterocycles. The molecule has 0 aliphatic heterocycles. The Balaban J connectivity index is 3.43. The van der Waals surface area contributed by atoms with Gasteiger partial charge in [0.25, 0.3) is 0 Å². The zero-order valence-electron chi connectivity index (χ0n) is 6.85. The van der Waals surface area contributed by atoms with Crippen molar-refractivity contribution in [3.63, 3.8) is 0 Å². The molecule has 0 bridgehead atoms. The van der Waals surface area contributed by atoms with Gasteiger partial charge in [0.2, 0.25) is 5.91 Å². The van der Waals surface area contributed by atoms with Crippen LogP contribution in [0.1, 0.15) is 12.8 Å². The Morgan fingerprint density at radius 2 is 2.36 bits per heavy atom. The van der Waals surface area contributed by atoms with Crippen molar-refractivity contribution >= 4 is 21.8 Å². The first-order valence-corrected chi connectivity index (χ1v) is 4.75. The van der Waals surface area contributed by atoms with E-state index in [1.54, 1.807) is 4.90 Å². The van der Waals surface area contributed by atoms with E-state index < -0.39 is 0 Å². The lowest BCUT2D eigenvalue weighted by atomic mass is 10.3. The highest BCUT2D eigenvalue weighted by molar-refractivity contribution is 9.09. The summed E-state index contributed by atoms with van der Waals surface area (Å²) >= 11 is 3.11. The van der Waals surface area contributed by atoms with Gasteiger partial charge in [0, 0.05) is 13.6 Å². The molecule has 0 radical (unpaired) electrons. The number of alkyl halides is 1. The molecule has 0 rings (SSSR count). The maximum absolute atomic E-state index is 11.0. The van der Waals surface area contributed by atoms with E-state index in [9.17, 15) is 4.79 Å². The van der Waals surface area contributed by atoms with Gasteiger partial charge in [0.05, 0.1) is 5.33 Å². The van der Waals surface area contributed by atoms with Gasteiger partial charge in [0.1, 0.15) is 0 Å². The van der Waals surface area contributed by atoms with Crippen LogP contribution in [0.5, 0.6) is 0 Å². The van der Waals surface area contributed by atoms with Crippen LogP contribution in [0.2, 0.25) is 0 Å². The van der Waals surface area contributed by atoms with Crippen molar-refractivity contribution in [3.8, 4) is 0 Å². The number of allylic oxidation sites excluding steroid dienone is 1. The molecule has 0 atom stereocenters. The zero-order valence-corrected chi connectivity index (χ0v) is 8.43. The Labute approximate surface area is 76.4 Å². The predicted molar refractivity (Wildman–Crippen MR) is 50.9 cm³/mol. The van der Waals surface area contributed by atoms with Crippen LogP contribution in [0.3, 0.4) is 0 Å². The minimum Gasteiger partial charge on any atom is -0.345 e. The van der Waals surface area contributed by atoms with Gasteiger partial charge in [-0.3, -0.25) is 4.79 Å². The standard InChI is InChI=1S/C8H14BrNO/c1-3-4-5-6-10(2)8(11)7-9/h3H,1,4-7H2,2H3. The molecule has 0 N–H and O–H groups in total. The fourth-order valence-electron chi connectivity index (χ4n) is 0.700. The molecule has 0 saturated carbocycles. The lowest BCUT2D eigenvalue weighted by Gasteiger charge is -2.14. The van der Waals surface area contributed by atoms with E-state index in [0.717, 1.165) is 19.4 Å². The maximum Gasteiger partial charge on any atom is 0.232 e. The highest BCUT2D eigenvalue weighted by Gasteiger charge is 2.03. The lowest BCUT2D eigenvalue weighted by molar-refractivity contribution is -0.127. The van der Waals surface area contributed by atoms with Gasteiger partial charge >= 0.3 is 0 Å². The number of hydrogen-bond donors (Lipinski definition) is 0. The third-order valence-corrected chi connectivity index (χ3v) is 1.92. The Morgan fingerprint density at radius 3 is 2.82 bits per heavy atom. The number of unbranched alkanes of at least 4 members (excludes halogenated alkanes) is 1. The molecular formula is C8H14BrNO. The molecule has 2 nitrogen and oxygen atoms in total. The molecule has 0 aromatic carbocycles. The van der Waals surface area contributed by atoms with Crippen molar-refractivity contribution in [2.45, 2.75) is 12.8 Å². The summed E-state index contributed by atoms with van der Waals surface area (Å²) in [4.78, 5) is 12.7. The number of carbonyl (C=O) groups excluding carboxylic acids is 1. The molecule has 0 aromatic heterocycles.